The Hall–Kier alpha value is -2.64. The normalized spacial score (nSPS) is 11.4. The lowest BCUT2D eigenvalue weighted by atomic mass is 10.0. The van der Waals surface area contributed by atoms with E-state index < -0.39 is 10.0 Å². The molecule has 28 heavy (non-hydrogen) atoms. The summed E-state index contributed by atoms with van der Waals surface area (Å²) in [5.41, 5.74) is 3.63. The number of nitrogens with zero attached hydrogens (tertiary/aromatic N) is 2. The fourth-order valence-electron chi connectivity index (χ4n) is 2.89. The zero-order chi connectivity index (χ0) is 20.3. The zero-order valence-corrected chi connectivity index (χ0v) is 17.1. The summed E-state index contributed by atoms with van der Waals surface area (Å²) in [6.07, 6.45) is 7.20. The van der Waals surface area contributed by atoms with E-state index in [9.17, 15) is 13.2 Å². The van der Waals surface area contributed by atoms with E-state index in [-0.39, 0.29) is 5.56 Å². The third-order valence-electron chi connectivity index (χ3n) is 4.10. The SMILES string of the molecule is CCCn1cc(-c2cncc(-c3ccc(NS(C)(=O)=O)cc3Cl)c2)ccc1=O. The van der Waals surface area contributed by atoms with Gasteiger partial charge in [-0.05, 0) is 36.2 Å². The van der Waals surface area contributed by atoms with Crippen molar-refractivity contribution in [1.29, 1.82) is 0 Å². The molecule has 0 bridgehead atoms. The van der Waals surface area contributed by atoms with Gasteiger partial charge in [-0.15, -0.1) is 0 Å². The van der Waals surface area contributed by atoms with Crippen LogP contribution in [0.4, 0.5) is 5.69 Å². The molecular formula is C20H20ClN3O3S. The van der Waals surface area contributed by atoms with Gasteiger partial charge in [-0.25, -0.2) is 8.42 Å². The number of rotatable bonds is 6. The molecule has 0 atom stereocenters. The maximum Gasteiger partial charge on any atom is 0.250 e. The third kappa shape index (κ3) is 4.79. The van der Waals surface area contributed by atoms with Crippen LogP contribution in [-0.4, -0.2) is 24.2 Å². The van der Waals surface area contributed by atoms with Crippen LogP contribution in [0.15, 0.2) is 59.8 Å². The Bertz CT molecular complexity index is 1170. The Morgan fingerprint density at radius 3 is 2.50 bits per heavy atom. The van der Waals surface area contributed by atoms with E-state index in [1.165, 1.54) is 0 Å². The monoisotopic (exact) mass is 417 g/mol. The van der Waals surface area contributed by atoms with E-state index in [4.69, 9.17) is 11.6 Å². The number of sulfonamides is 1. The summed E-state index contributed by atoms with van der Waals surface area (Å²) in [5.74, 6) is 0. The summed E-state index contributed by atoms with van der Waals surface area (Å²) >= 11 is 6.37. The Morgan fingerprint density at radius 2 is 1.82 bits per heavy atom. The number of nitrogens with one attached hydrogen (secondary N) is 1. The van der Waals surface area contributed by atoms with Crippen LogP contribution in [-0.2, 0) is 16.6 Å². The number of hydrogen-bond donors (Lipinski definition) is 1. The summed E-state index contributed by atoms with van der Waals surface area (Å²) in [5, 5.41) is 0.406. The fraction of sp³-hybridized carbons (Fsp3) is 0.200. The Labute approximate surface area is 168 Å². The van der Waals surface area contributed by atoms with Crippen LogP contribution in [0.2, 0.25) is 5.02 Å². The summed E-state index contributed by atoms with van der Waals surface area (Å²) in [7, 11) is -3.38. The first-order valence-corrected chi connectivity index (χ1v) is 11.0. The minimum atomic E-state index is -3.38. The predicted octanol–water partition coefficient (Wildman–Crippen LogP) is 4.01. The van der Waals surface area contributed by atoms with E-state index in [2.05, 4.69) is 9.71 Å². The minimum Gasteiger partial charge on any atom is -0.315 e. The van der Waals surface area contributed by atoms with E-state index in [0.29, 0.717) is 17.3 Å². The molecule has 2 heterocycles. The Morgan fingerprint density at radius 1 is 1.07 bits per heavy atom. The molecule has 1 aromatic carbocycles. The average Bonchev–Trinajstić information content (AvgIpc) is 2.62. The third-order valence-corrected chi connectivity index (χ3v) is 5.02. The van der Waals surface area contributed by atoms with Crippen molar-refractivity contribution in [2.75, 3.05) is 11.0 Å². The van der Waals surface area contributed by atoms with E-state index >= 15 is 0 Å². The largest absolute Gasteiger partial charge is 0.315 e. The molecule has 0 aliphatic heterocycles. The zero-order valence-electron chi connectivity index (χ0n) is 15.5. The second kappa shape index (κ2) is 8.16. The van der Waals surface area contributed by atoms with Crippen molar-refractivity contribution >= 4 is 27.3 Å². The first-order chi connectivity index (χ1) is 13.3. The van der Waals surface area contributed by atoms with Gasteiger partial charge in [-0.3, -0.25) is 14.5 Å². The Kier molecular flexibility index (Phi) is 5.86. The van der Waals surface area contributed by atoms with Crippen molar-refractivity contribution < 1.29 is 8.42 Å². The topological polar surface area (TPSA) is 81.1 Å². The lowest BCUT2D eigenvalue weighted by molar-refractivity contribution is 0.607. The number of hydrogen-bond acceptors (Lipinski definition) is 4. The summed E-state index contributed by atoms with van der Waals surface area (Å²) in [6, 6.07) is 10.2. The summed E-state index contributed by atoms with van der Waals surface area (Å²) in [6.45, 7) is 2.67. The first kappa shape index (κ1) is 20.1. The number of halogens is 1. The van der Waals surface area contributed by atoms with Crippen LogP contribution in [0.3, 0.4) is 0 Å². The van der Waals surface area contributed by atoms with Crippen LogP contribution in [0.25, 0.3) is 22.3 Å². The molecule has 8 heteroatoms. The van der Waals surface area contributed by atoms with Crippen LogP contribution < -0.4 is 10.3 Å². The molecule has 1 N–H and O–H groups in total. The molecule has 0 aliphatic rings. The lowest BCUT2D eigenvalue weighted by Crippen LogP contribution is -2.18. The van der Waals surface area contributed by atoms with Crippen LogP contribution in [0.1, 0.15) is 13.3 Å². The van der Waals surface area contributed by atoms with Gasteiger partial charge in [0, 0.05) is 53.6 Å². The van der Waals surface area contributed by atoms with Crippen molar-refractivity contribution in [3.05, 3.63) is 70.4 Å². The molecule has 146 valence electrons. The number of aromatic nitrogens is 2. The van der Waals surface area contributed by atoms with Crippen LogP contribution in [0.5, 0.6) is 0 Å². The maximum atomic E-state index is 11.9. The smallest absolute Gasteiger partial charge is 0.250 e. The number of benzene rings is 1. The van der Waals surface area contributed by atoms with Crippen LogP contribution >= 0.6 is 11.6 Å². The van der Waals surface area contributed by atoms with E-state index in [1.54, 1.807) is 47.3 Å². The number of pyridine rings is 2. The summed E-state index contributed by atoms with van der Waals surface area (Å²) < 4.78 is 26.8. The van der Waals surface area contributed by atoms with E-state index in [1.807, 2.05) is 19.2 Å². The molecular weight excluding hydrogens is 398 g/mol. The van der Waals surface area contributed by atoms with Crippen molar-refractivity contribution in [1.82, 2.24) is 9.55 Å². The summed E-state index contributed by atoms with van der Waals surface area (Å²) in [4.78, 5) is 16.2. The second-order valence-electron chi connectivity index (χ2n) is 6.48. The van der Waals surface area contributed by atoms with Crippen molar-refractivity contribution in [3.8, 4) is 22.3 Å². The predicted molar refractivity (Wildman–Crippen MR) is 113 cm³/mol. The van der Waals surface area contributed by atoms with Crippen LogP contribution in [0, 0.1) is 0 Å². The quantitative estimate of drug-likeness (QED) is 0.657. The fourth-order valence-corrected chi connectivity index (χ4v) is 3.73. The second-order valence-corrected chi connectivity index (χ2v) is 8.64. The number of anilines is 1. The van der Waals surface area contributed by atoms with Gasteiger partial charge in [0.2, 0.25) is 10.0 Å². The highest BCUT2D eigenvalue weighted by Gasteiger charge is 2.10. The molecule has 0 radical (unpaired) electrons. The number of aryl methyl sites for hydroxylation is 1. The average molecular weight is 418 g/mol. The molecule has 3 aromatic rings. The highest BCUT2D eigenvalue weighted by Crippen LogP contribution is 2.32. The molecule has 0 saturated carbocycles. The van der Waals surface area contributed by atoms with Gasteiger partial charge in [-0.1, -0.05) is 24.6 Å². The molecule has 0 spiro atoms. The molecule has 0 aliphatic carbocycles. The first-order valence-electron chi connectivity index (χ1n) is 8.70. The van der Waals surface area contributed by atoms with Gasteiger partial charge < -0.3 is 4.57 Å². The molecule has 3 rings (SSSR count). The maximum absolute atomic E-state index is 11.9. The van der Waals surface area contributed by atoms with E-state index in [0.717, 1.165) is 34.9 Å². The van der Waals surface area contributed by atoms with Crippen molar-refractivity contribution in [2.45, 2.75) is 19.9 Å². The van der Waals surface area contributed by atoms with Gasteiger partial charge in [0.15, 0.2) is 0 Å². The molecule has 6 nitrogen and oxygen atoms in total. The highest BCUT2D eigenvalue weighted by atomic mass is 35.5. The molecule has 0 unspecified atom stereocenters. The molecule has 2 aromatic heterocycles. The van der Waals surface area contributed by atoms with Crippen molar-refractivity contribution in [3.63, 3.8) is 0 Å². The lowest BCUT2D eigenvalue weighted by Gasteiger charge is -2.11. The Balaban J connectivity index is 1.98. The standard InChI is InChI=1S/C20H20ClN3O3S/c1-3-8-24-13-14(4-7-20(24)25)15-9-16(12-22-11-15)18-6-5-17(10-19(18)21)23-28(2,26)27/h4-7,9-13,23H,3,8H2,1-2H3. The van der Waals surface area contributed by atoms with Crippen molar-refractivity contribution in [2.24, 2.45) is 0 Å². The van der Waals surface area contributed by atoms with Gasteiger partial charge >= 0.3 is 0 Å². The van der Waals surface area contributed by atoms with Gasteiger partial charge in [0.1, 0.15) is 0 Å². The minimum absolute atomic E-state index is 0.0354. The molecule has 0 saturated heterocycles. The molecule has 0 fully saturated rings. The highest BCUT2D eigenvalue weighted by molar-refractivity contribution is 7.92. The van der Waals surface area contributed by atoms with Gasteiger partial charge in [0.25, 0.3) is 5.56 Å². The van der Waals surface area contributed by atoms with Gasteiger partial charge in [0.05, 0.1) is 11.3 Å². The molecule has 0 amide bonds. The van der Waals surface area contributed by atoms with Gasteiger partial charge in [-0.2, -0.15) is 0 Å².